The van der Waals surface area contributed by atoms with Crippen molar-refractivity contribution in [3.05, 3.63) is 29.8 Å². The van der Waals surface area contributed by atoms with Crippen LogP contribution in [0.15, 0.2) is 23.1 Å². The molecule has 0 aliphatic carbocycles. The van der Waals surface area contributed by atoms with Crippen LogP contribution in [0.3, 0.4) is 0 Å². The smallest absolute Gasteiger partial charge is 0.246 e. The third-order valence-electron chi connectivity index (χ3n) is 4.56. The highest BCUT2D eigenvalue weighted by molar-refractivity contribution is 7.89. The molecule has 0 spiro atoms. The predicted octanol–water partition coefficient (Wildman–Crippen LogP) is 1.97. The van der Waals surface area contributed by atoms with E-state index in [1.165, 1.54) is 0 Å². The first-order chi connectivity index (χ1) is 12.8. The molecule has 0 radical (unpaired) electrons. The molecule has 1 amide bonds. The van der Waals surface area contributed by atoms with E-state index in [1.807, 2.05) is 4.90 Å². The summed E-state index contributed by atoms with van der Waals surface area (Å²) in [5, 5.41) is 2.87. The number of hydrogen-bond donors (Lipinski definition) is 1. The Bertz CT molecular complexity index is 735. The van der Waals surface area contributed by atoms with Crippen LogP contribution in [0.4, 0.5) is 8.78 Å². The van der Waals surface area contributed by atoms with Crippen LogP contribution >= 0.6 is 0 Å². The molecule has 1 heterocycles. The van der Waals surface area contributed by atoms with Gasteiger partial charge in [-0.3, -0.25) is 9.69 Å². The van der Waals surface area contributed by atoms with Gasteiger partial charge in [-0.05, 0) is 24.6 Å². The number of unbranched alkanes of at least 4 members (excludes halogenated alkanes) is 3. The number of piperazine rings is 1. The Labute approximate surface area is 159 Å². The summed E-state index contributed by atoms with van der Waals surface area (Å²) in [5.41, 5.74) is 0. The SMILES string of the molecule is CCCCCCNC(=O)CN1CCN(S(=O)(=O)c2cc(F)ccc2F)CC1. The molecule has 1 aliphatic rings. The molecular formula is C18H27F2N3O3S. The molecule has 1 aromatic rings. The molecule has 1 aliphatic heterocycles. The lowest BCUT2D eigenvalue weighted by molar-refractivity contribution is -0.122. The van der Waals surface area contributed by atoms with Gasteiger partial charge in [0.15, 0.2) is 0 Å². The second-order valence-corrected chi connectivity index (χ2v) is 8.57. The minimum absolute atomic E-state index is 0.0843. The molecule has 9 heteroatoms. The van der Waals surface area contributed by atoms with Gasteiger partial charge in [0.2, 0.25) is 15.9 Å². The van der Waals surface area contributed by atoms with E-state index >= 15 is 0 Å². The molecule has 0 unspecified atom stereocenters. The highest BCUT2D eigenvalue weighted by Crippen LogP contribution is 2.21. The van der Waals surface area contributed by atoms with Crippen molar-refractivity contribution in [1.82, 2.24) is 14.5 Å². The molecule has 1 aromatic carbocycles. The van der Waals surface area contributed by atoms with Crippen molar-refractivity contribution in [2.75, 3.05) is 39.3 Å². The summed E-state index contributed by atoms with van der Waals surface area (Å²) >= 11 is 0. The number of sulfonamides is 1. The number of nitrogens with one attached hydrogen (secondary N) is 1. The van der Waals surface area contributed by atoms with Crippen molar-refractivity contribution in [2.24, 2.45) is 0 Å². The quantitative estimate of drug-likeness (QED) is 0.640. The van der Waals surface area contributed by atoms with Crippen molar-refractivity contribution < 1.29 is 22.0 Å². The van der Waals surface area contributed by atoms with Gasteiger partial charge in [0.25, 0.3) is 0 Å². The first kappa shape index (κ1) is 21.7. The van der Waals surface area contributed by atoms with E-state index < -0.39 is 26.6 Å². The summed E-state index contributed by atoms with van der Waals surface area (Å²) in [6, 6.07) is 2.39. The van der Waals surface area contributed by atoms with Gasteiger partial charge in [0, 0.05) is 32.7 Å². The number of benzene rings is 1. The Morgan fingerprint density at radius 2 is 1.81 bits per heavy atom. The van der Waals surface area contributed by atoms with Gasteiger partial charge in [-0.25, -0.2) is 17.2 Å². The average Bonchev–Trinajstić information content (AvgIpc) is 2.64. The van der Waals surface area contributed by atoms with E-state index in [0.29, 0.717) is 25.7 Å². The molecular weight excluding hydrogens is 376 g/mol. The Kier molecular flexibility index (Phi) is 8.12. The number of hydrogen-bond acceptors (Lipinski definition) is 4. The molecule has 0 aromatic heterocycles. The van der Waals surface area contributed by atoms with Crippen LogP contribution in [-0.4, -0.2) is 62.8 Å². The lowest BCUT2D eigenvalue weighted by Crippen LogP contribution is -2.51. The molecule has 6 nitrogen and oxygen atoms in total. The van der Waals surface area contributed by atoms with Crippen LogP contribution in [-0.2, 0) is 14.8 Å². The molecule has 152 valence electrons. The Morgan fingerprint density at radius 3 is 2.48 bits per heavy atom. The summed E-state index contributed by atoms with van der Waals surface area (Å²) in [4.78, 5) is 13.2. The second kappa shape index (κ2) is 10.1. The first-order valence-electron chi connectivity index (χ1n) is 9.29. The molecule has 1 fully saturated rings. The minimum atomic E-state index is -4.10. The Hall–Kier alpha value is -1.58. The van der Waals surface area contributed by atoms with Gasteiger partial charge in [0.05, 0.1) is 6.54 Å². The van der Waals surface area contributed by atoms with Gasteiger partial charge < -0.3 is 5.32 Å². The van der Waals surface area contributed by atoms with E-state index in [2.05, 4.69) is 12.2 Å². The Balaban J connectivity index is 1.82. The fraction of sp³-hybridized carbons (Fsp3) is 0.611. The van der Waals surface area contributed by atoms with E-state index in [1.54, 1.807) is 0 Å². The van der Waals surface area contributed by atoms with E-state index in [-0.39, 0.29) is 25.5 Å². The average molecular weight is 403 g/mol. The standard InChI is InChI=1S/C18H27F2N3O3S/c1-2-3-4-5-8-21-18(24)14-22-9-11-23(12-10-22)27(25,26)17-13-15(19)6-7-16(17)20/h6-7,13H,2-5,8-12,14H2,1H3,(H,21,24). The van der Waals surface area contributed by atoms with Crippen molar-refractivity contribution in [3.8, 4) is 0 Å². The van der Waals surface area contributed by atoms with Crippen LogP contribution in [0.25, 0.3) is 0 Å². The topological polar surface area (TPSA) is 69.7 Å². The van der Waals surface area contributed by atoms with E-state index in [0.717, 1.165) is 42.1 Å². The number of amides is 1. The predicted molar refractivity (Wildman–Crippen MR) is 98.7 cm³/mol. The zero-order valence-electron chi connectivity index (χ0n) is 15.6. The highest BCUT2D eigenvalue weighted by atomic mass is 32.2. The molecule has 2 rings (SSSR count). The minimum Gasteiger partial charge on any atom is -0.355 e. The summed E-state index contributed by atoms with van der Waals surface area (Å²) < 4.78 is 53.4. The van der Waals surface area contributed by atoms with Gasteiger partial charge in [-0.1, -0.05) is 26.2 Å². The summed E-state index contributed by atoms with van der Waals surface area (Å²) in [6.45, 7) is 3.95. The van der Waals surface area contributed by atoms with Gasteiger partial charge >= 0.3 is 0 Å². The van der Waals surface area contributed by atoms with Crippen LogP contribution in [0.1, 0.15) is 32.6 Å². The van der Waals surface area contributed by atoms with E-state index in [4.69, 9.17) is 0 Å². The largest absolute Gasteiger partial charge is 0.355 e. The molecule has 0 bridgehead atoms. The lowest BCUT2D eigenvalue weighted by Gasteiger charge is -2.33. The molecule has 27 heavy (non-hydrogen) atoms. The molecule has 0 saturated carbocycles. The van der Waals surface area contributed by atoms with E-state index in [9.17, 15) is 22.0 Å². The first-order valence-corrected chi connectivity index (χ1v) is 10.7. The van der Waals surface area contributed by atoms with Crippen molar-refractivity contribution >= 4 is 15.9 Å². The maximum absolute atomic E-state index is 13.8. The molecule has 1 saturated heterocycles. The monoisotopic (exact) mass is 403 g/mol. The fourth-order valence-electron chi connectivity index (χ4n) is 2.98. The third kappa shape index (κ3) is 6.22. The number of carbonyl (C=O) groups excluding carboxylic acids is 1. The fourth-order valence-corrected chi connectivity index (χ4v) is 4.48. The number of nitrogens with zero attached hydrogens (tertiary/aromatic N) is 2. The lowest BCUT2D eigenvalue weighted by atomic mass is 10.2. The van der Waals surface area contributed by atoms with Crippen LogP contribution in [0.5, 0.6) is 0 Å². The normalized spacial score (nSPS) is 16.4. The number of halogens is 2. The zero-order valence-corrected chi connectivity index (χ0v) is 16.4. The van der Waals surface area contributed by atoms with Crippen molar-refractivity contribution in [3.63, 3.8) is 0 Å². The van der Waals surface area contributed by atoms with Gasteiger partial charge in [-0.15, -0.1) is 0 Å². The number of rotatable bonds is 9. The summed E-state index contributed by atoms with van der Waals surface area (Å²) in [5.74, 6) is -1.86. The highest BCUT2D eigenvalue weighted by Gasteiger charge is 2.31. The zero-order chi connectivity index (χ0) is 19.9. The van der Waals surface area contributed by atoms with Crippen LogP contribution in [0, 0.1) is 11.6 Å². The van der Waals surface area contributed by atoms with Gasteiger partial charge in [0.1, 0.15) is 16.5 Å². The van der Waals surface area contributed by atoms with Crippen molar-refractivity contribution in [2.45, 2.75) is 37.5 Å². The van der Waals surface area contributed by atoms with Crippen molar-refractivity contribution in [1.29, 1.82) is 0 Å². The number of carbonyl (C=O) groups is 1. The maximum Gasteiger partial charge on any atom is 0.246 e. The second-order valence-electron chi connectivity index (χ2n) is 6.67. The molecule has 0 atom stereocenters. The molecule has 1 N–H and O–H groups in total. The maximum atomic E-state index is 13.8. The van der Waals surface area contributed by atoms with Gasteiger partial charge in [-0.2, -0.15) is 4.31 Å². The summed E-state index contributed by atoms with van der Waals surface area (Å²) in [7, 11) is -4.10. The summed E-state index contributed by atoms with van der Waals surface area (Å²) in [6.07, 6.45) is 4.33. The Morgan fingerprint density at radius 1 is 1.11 bits per heavy atom. The van der Waals surface area contributed by atoms with Crippen LogP contribution < -0.4 is 5.32 Å². The third-order valence-corrected chi connectivity index (χ3v) is 6.48. The van der Waals surface area contributed by atoms with Crippen LogP contribution in [0.2, 0.25) is 0 Å².